The predicted octanol–water partition coefficient (Wildman–Crippen LogP) is 10.6. The summed E-state index contributed by atoms with van der Waals surface area (Å²) >= 11 is 0. The summed E-state index contributed by atoms with van der Waals surface area (Å²) in [5.41, 5.74) is 9.10. The first-order chi connectivity index (χ1) is 19.7. The molecule has 8 rings (SSSR count). The highest BCUT2D eigenvalue weighted by molar-refractivity contribution is 6.08. The molecule has 0 amide bonds. The monoisotopic (exact) mass is 496 g/mol. The van der Waals surface area contributed by atoms with Gasteiger partial charge in [-0.25, -0.2) is 0 Å². The zero-order valence-corrected chi connectivity index (χ0v) is 21.3. The average Bonchev–Trinajstić information content (AvgIpc) is 3.31. The Morgan fingerprint density at radius 1 is 0.333 bits per heavy atom. The van der Waals surface area contributed by atoms with Crippen LogP contribution in [0.1, 0.15) is 0 Å². The van der Waals surface area contributed by atoms with Crippen LogP contribution in [0.25, 0.3) is 76.7 Å². The number of rotatable bonds is 3. The minimum Gasteiger partial charge on any atom is -0.355 e. The molecule has 1 aromatic heterocycles. The first-order valence-corrected chi connectivity index (χ1v) is 13.4. The molecule has 1 heteroatoms. The second-order valence-electron chi connectivity index (χ2n) is 10.3. The molecule has 0 aliphatic rings. The summed E-state index contributed by atoms with van der Waals surface area (Å²) in [7, 11) is 0. The van der Waals surface area contributed by atoms with Crippen LogP contribution in [-0.2, 0) is 0 Å². The third kappa shape index (κ3) is 3.79. The molecule has 8 aromatic rings. The molecular weight excluding hydrogens is 470 g/mol. The Morgan fingerprint density at radius 3 is 1.46 bits per heavy atom. The fraction of sp³-hybridized carbons (Fsp3) is 0. The molecule has 182 valence electrons. The van der Waals surface area contributed by atoms with Crippen LogP contribution in [0.4, 0.5) is 0 Å². The first-order valence-electron chi connectivity index (χ1n) is 13.8. The SMILES string of the molecule is [2H]n1c2ccccc2c2cc(-c3ccc(-c4ccc5cc(-c6ccc7ccccc7c6)ccc5c4)cc3)ccc21. The number of hydrogen-bond acceptors (Lipinski definition) is 0. The Balaban J connectivity index is 1.11. The van der Waals surface area contributed by atoms with Gasteiger partial charge in [0.05, 0.1) is 0 Å². The summed E-state index contributed by atoms with van der Waals surface area (Å²) in [6.45, 7) is 0. The minimum absolute atomic E-state index is 0.932. The minimum atomic E-state index is 0.932. The van der Waals surface area contributed by atoms with Crippen molar-refractivity contribution in [2.24, 2.45) is 0 Å². The van der Waals surface area contributed by atoms with Crippen molar-refractivity contribution in [3.63, 3.8) is 0 Å². The zero-order chi connectivity index (χ0) is 26.6. The number of hydrogen-bond donors (Lipinski definition) is 1. The van der Waals surface area contributed by atoms with Gasteiger partial charge in [0.1, 0.15) is 0 Å². The molecule has 0 fully saturated rings. The highest BCUT2D eigenvalue weighted by atomic mass is 14.7. The van der Waals surface area contributed by atoms with Gasteiger partial charge in [-0.3, -0.25) is 0 Å². The van der Waals surface area contributed by atoms with Gasteiger partial charge in [-0.1, -0.05) is 109 Å². The van der Waals surface area contributed by atoms with Gasteiger partial charge in [0.15, 0.2) is 1.41 Å². The number of fused-ring (bicyclic) bond motifs is 5. The highest BCUT2D eigenvalue weighted by Crippen LogP contribution is 2.33. The summed E-state index contributed by atoms with van der Waals surface area (Å²) in [5.74, 6) is 0. The van der Waals surface area contributed by atoms with Gasteiger partial charge in [-0.15, -0.1) is 0 Å². The summed E-state index contributed by atoms with van der Waals surface area (Å²) in [6.07, 6.45) is 0. The van der Waals surface area contributed by atoms with Crippen molar-refractivity contribution < 1.29 is 1.41 Å². The Labute approximate surface area is 228 Å². The second kappa shape index (κ2) is 8.72. The van der Waals surface area contributed by atoms with Crippen molar-refractivity contribution in [3.8, 4) is 33.4 Å². The van der Waals surface area contributed by atoms with Crippen LogP contribution in [-0.4, -0.2) is 4.98 Å². The maximum absolute atomic E-state index is 8.47. The van der Waals surface area contributed by atoms with Gasteiger partial charge in [0.2, 0.25) is 0 Å². The predicted molar refractivity (Wildman–Crippen MR) is 167 cm³/mol. The standard InChI is InChI=1S/C38H25N/c1-2-6-28-21-30(14-13-25(28)5-1)33-18-17-31-22-29(15-16-32(31)23-33)26-9-11-27(12-10-26)34-19-20-38-36(24-34)35-7-3-4-8-37(35)39-38/h1-24,39H/i/hD. The van der Waals surface area contributed by atoms with Crippen LogP contribution in [0.5, 0.6) is 0 Å². The Morgan fingerprint density at radius 2 is 0.769 bits per heavy atom. The van der Waals surface area contributed by atoms with E-state index in [9.17, 15) is 0 Å². The van der Waals surface area contributed by atoms with Crippen molar-refractivity contribution in [1.82, 2.24) is 4.98 Å². The maximum atomic E-state index is 8.47. The van der Waals surface area contributed by atoms with E-state index in [0.717, 1.165) is 27.4 Å². The Bertz CT molecular complexity index is 2220. The van der Waals surface area contributed by atoms with E-state index in [4.69, 9.17) is 1.41 Å². The first kappa shape index (κ1) is 20.9. The lowest BCUT2D eigenvalue weighted by molar-refractivity contribution is 1.54. The Kier molecular flexibility index (Phi) is 4.66. The van der Waals surface area contributed by atoms with Crippen LogP contribution < -0.4 is 0 Å². The average molecular weight is 497 g/mol. The fourth-order valence-corrected chi connectivity index (χ4v) is 5.79. The van der Waals surface area contributed by atoms with Crippen molar-refractivity contribution in [2.75, 3.05) is 0 Å². The lowest BCUT2D eigenvalue weighted by Crippen LogP contribution is -1.83. The molecule has 0 aliphatic heterocycles. The van der Waals surface area contributed by atoms with E-state index < -0.39 is 0 Å². The van der Waals surface area contributed by atoms with E-state index in [0.29, 0.717) is 0 Å². The summed E-state index contributed by atoms with van der Waals surface area (Å²) < 4.78 is 8.47. The zero-order valence-electron chi connectivity index (χ0n) is 22.3. The largest absolute Gasteiger partial charge is 0.355 e. The number of para-hydroxylation sites is 1. The topological polar surface area (TPSA) is 15.8 Å². The van der Waals surface area contributed by atoms with Gasteiger partial charge < -0.3 is 4.98 Å². The van der Waals surface area contributed by atoms with Crippen LogP contribution >= 0.6 is 0 Å². The number of nitrogens with one attached hydrogen (secondary N) is 1. The number of aromatic amines is 1. The fourth-order valence-electron chi connectivity index (χ4n) is 5.79. The smallest absolute Gasteiger partial charge is 0.167 e. The van der Waals surface area contributed by atoms with Crippen LogP contribution in [0, 0.1) is 0 Å². The van der Waals surface area contributed by atoms with Gasteiger partial charge in [-0.05, 0) is 91.3 Å². The molecule has 0 aliphatic carbocycles. The van der Waals surface area contributed by atoms with Gasteiger partial charge in [-0.2, -0.15) is 0 Å². The van der Waals surface area contributed by atoms with Crippen molar-refractivity contribution in [1.29, 1.82) is 0 Å². The second-order valence-corrected chi connectivity index (χ2v) is 10.3. The number of H-pyrrole nitrogens is 1. The molecule has 1 nitrogen and oxygen atoms in total. The summed E-state index contributed by atoms with van der Waals surface area (Å²) in [5, 5.41) is 7.25. The van der Waals surface area contributed by atoms with E-state index in [1.165, 1.54) is 54.3 Å². The maximum Gasteiger partial charge on any atom is 0.167 e. The lowest BCUT2D eigenvalue weighted by Gasteiger charge is -2.09. The third-order valence-corrected chi connectivity index (χ3v) is 7.91. The molecule has 0 bridgehead atoms. The Hall–Kier alpha value is -5.14. The molecular formula is C38H25N. The van der Waals surface area contributed by atoms with Crippen LogP contribution in [0.2, 0.25) is 1.41 Å². The van der Waals surface area contributed by atoms with Gasteiger partial charge >= 0.3 is 0 Å². The van der Waals surface area contributed by atoms with E-state index >= 15 is 0 Å². The number of aromatic nitrogens is 1. The van der Waals surface area contributed by atoms with Crippen molar-refractivity contribution >= 4 is 43.4 Å². The van der Waals surface area contributed by atoms with E-state index in [1.807, 2.05) is 18.2 Å². The van der Waals surface area contributed by atoms with Gasteiger partial charge in [0, 0.05) is 21.8 Å². The van der Waals surface area contributed by atoms with Crippen molar-refractivity contribution in [3.05, 3.63) is 146 Å². The van der Waals surface area contributed by atoms with E-state index in [2.05, 4.69) is 127 Å². The molecule has 0 radical (unpaired) electrons. The molecule has 0 saturated carbocycles. The molecule has 0 spiro atoms. The molecule has 1 heterocycles. The van der Waals surface area contributed by atoms with Gasteiger partial charge in [0.25, 0.3) is 0 Å². The van der Waals surface area contributed by atoms with Crippen LogP contribution in [0.3, 0.4) is 0 Å². The molecule has 0 saturated heterocycles. The van der Waals surface area contributed by atoms with E-state index in [1.54, 1.807) is 0 Å². The normalized spacial score (nSPS) is 11.9. The van der Waals surface area contributed by atoms with Crippen LogP contribution in [0.15, 0.2) is 146 Å². The molecule has 0 atom stereocenters. The summed E-state index contributed by atoms with van der Waals surface area (Å²) in [4.78, 5) is 1.53. The molecule has 1 N–H and O–H groups in total. The summed E-state index contributed by atoms with van der Waals surface area (Å²) in [6, 6.07) is 52.0. The quantitative estimate of drug-likeness (QED) is 0.250. The molecule has 0 unspecified atom stereocenters. The third-order valence-electron chi connectivity index (χ3n) is 7.91. The lowest BCUT2D eigenvalue weighted by atomic mass is 9.95. The highest BCUT2D eigenvalue weighted by Gasteiger charge is 2.08. The number of benzene rings is 7. The van der Waals surface area contributed by atoms with E-state index in [-0.39, 0.29) is 0 Å². The molecule has 7 aromatic carbocycles. The molecule has 39 heavy (non-hydrogen) atoms. The van der Waals surface area contributed by atoms with Crippen molar-refractivity contribution in [2.45, 2.75) is 0 Å².